The van der Waals surface area contributed by atoms with E-state index >= 15 is 0 Å². The Morgan fingerprint density at radius 1 is 1.30 bits per heavy atom. The highest BCUT2D eigenvalue weighted by molar-refractivity contribution is 14.0. The summed E-state index contributed by atoms with van der Waals surface area (Å²) in [5.74, 6) is 0.0355. The molecule has 2 N–H and O–H groups in total. The molecule has 0 bridgehead atoms. The molecule has 0 saturated carbocycles. The van der Waals surface area contributed by atoms with Gasteiger partial charge in [0.05, 0.1) is 17.2 Å². The van der Waals surface area contributed by atoms with Crippen molar-refractivity contribution in [3.05, 3.63) is 51.2 Å². The van der Waals surface area contributed by atoms with Crippen molar-refractivity contribution in [2.45, 2.75) is 20.4 Å². The standard InChI is InChI=1S/C18H24FN5OS.HI/c1-12-5-6-14(9-16(12)19)17(25)21-7-8-22-18(20-3)24(4)10-15-11-26-13(2)23-15;/h5-6,9,11H,7-8,10H2,1-4H3,(H,20,22)(H,21,25);1H. The number of nitrogens with zero attached hydrogens (tertiary/aromatic N) is 3. The number of hydrogen-bond donors (Lipinski definition) is 2. The summed E-state index contributed by atoms with van der Waals surface area (Å²) in [6, 6.07) is 4.46. The number of carbonyl (C=O) groups is 1. The summed E-state index contributed by atoms with van der Waals surface area (Å²) in [6.45, 7) is 5.20. The molecule has 0 aliphatic carbocycles. The quantitative estimate of drug-likeness (QED) is 0.274. The van der Waals surface area contributed by atoms with Crippen molar-refractivity contribution in [2.75, 3.05) is 27.2 Å². The van der Waals surface area contributed by atoms with E-state index in [0.29, 0.717) is 36.7 Å². The maximum atomic E-state index is 13.5. The average Bonchev–Trinajstić information content (AvgIpc) is 3.01. The highest BCUT2D eigenvalue weighted by atomic mass is 127. The van der Waals surface area contributed by atoms with Crippen LogP contribution in [0.25, 0.3) is 0 Å². The van der Waals surface area contributed by atoms with Crippen molar-refractivity contribution in [3.63, 3.8) is 0 Å². The summed E-state index contributed by atoms with van der Waals surface area (Å²) in [6.07, 6.45) is 0. The first-order valence-electron chi connectivity index (χ1n) is 8.28. The van der Waals surface area contributed by atoms with Crippen molar-refractivity contribution in [1.82, 2.24) is 20.5 Å². The normalized spacial score (nSPS) is 10.9. The number of aliphatic imine (C=N–C) groups is 1. The molecule has 0 atom stereocenters. The van der Waals surface area contributed by atoms with Crippen molar-refractivity contribution in [2.24, 2.45) is 4.99 Å². The lowest BCUT2D eigenvalue weighted by Crippen LogP contribution is -2.42. The van der Waals surface area contributed by atoms with Gasteiger partial charge in [0, 0.05) is 38.1 Å². The lowest BCUT2D eigenvalue weighted by molar-refractivity contribution is 0.0954. The van der Waals surface area contributed by atoms with E-state index in [2.05, 4.69) is 20.6 Å². The number of halogens is 2. The van der Waals surface area contributed by atoms with Gasteiger partial charge < -0.3 is 15.5 Å². The van der Waals surface area contributed by atoms with E-state index in [1.165, 1.54) is 6.07 Å². The maximum Gasteiger partial charge on any atom is 0.251 e. The number of guanidine groups is 1. The Hall–Kier alpha value is -1.75. The molecule has 0 spiro atoms. The van der Waals surface area contributed by atoms with Gasteiger partial charge in [-0.25, -0.2) is 9.37 Å². The molecule has 6 nitrogen and oxygen atoms in total. The van der Waals surface area contributed by atoms with Crippen molar-refractivity contribution in [1.29, 1.82) is 0 Å². The molecule has 148 valence electrons. The molecule has 1 aromatic heterocycles. The molecule has 0 radical (unpaired) electrons. The van der Waals surface area contributed by atoms with Crippen LogP contribution in [0, 0.1) is 19.7 Å². The van der Waals surface area contributed by atoms with E-state index in [4.69, 9.17) is 0 Å². The molecule has 1 amide bonds. The summed E-state index contributed by atoms with van der Waals surface area (Å²) < 4.78 is 13.5. The third-order valence-corrected chi connectivity index (χ3v) is 4.59. The summed E-state index contributed by atoms with van der Waals surface area (Å²) >= 11 is 1.62. The number of carbonyl (C=O) groups excluding carboxylic acids is 1. The predicted octanol–water partition coefficient (Wildman–Crippen LogP) is 2.95. The summed E-state index contributed by atoms with van der Waals surface area (Å²) in [7, 11) is 3.64. The second-order valence-corrected chi connectivity index (χ2v) is 6.97. The summed E-state index contributed by atoms with van der Waals surface area (Å²) in [4.78, 5) is 22.7. The Kier molecular flexibility index (Phi) is 9.64. The number of thiazole rings is 1. The molecule has 0 fully saturated rings. The number of hydrogen-bond acceptors (Lipinski definition) is 4. The van der Waals surface area contributed by atoms with Crippen LogP contribution in [0.15, 0.2) is 28.6 Å². The van der Waals surface area contributed by atoms with E-state index in [1.54, 1.807) is 37.4 Å². The summed E-state index contributed by atoms with van der Waals surface area (Å²) in [5, 5.41) is 9.01. The predicted molar refractivity (Wildman–Crippen MR) is 119 cm³/mol. The minimum absolute atomic E-state index is 0. The van der Waals surface area contributed by atoms with Gasteiger partial charge in [0.15, 0.2) is 5.96 Å². The molecule has 2 rings (SSSR count). The number of benzene rings is 1. The zero-order valence-corrected chi connectivity index (χ0v) is 19.0. The van der Waals surface area contributed by atoms with E-state index in [0.717, 1.165) is 10.7 Å². The van der Waals surface area contributed by atoms with Crippen LogP contribution in [0.2, 0.25) is 0 Å². The van der Waals surface area contributed by atoms with Crippen LogP contribution >= 0.6 is 35.3 Å². The fourth-order valence-electron chi connectivity index (χ4n) is 2.37. The first-order chi connectivity index (χ1) is 12.4. The van der Waals surface area contributed by atoms with Crippen LogP contribution in [0.3, 0.4) is 0 Å². The van der Waals surface area contributed by atoms with E-state index < -0.39 is 0 Å². The molecule has 2 aromatic rings. The van der Waals surface area contributed by atoms with Gasteiger partial charge in [-0.2, -0.15) is 0 Å². The van der Waals surface area contributed by atoms with Crippen molar-refractivity contribution >= 4 is 47.2 Å². The molecule has 0 aliphatic heterocycles. The molecule has 1 aromatic carbocycles. The van der Waals surface area contributed by atoms with Gasteiger partial charge in [0.2, 0.25) is 0 Å². The molecule has 0 unspecified atom stereocenters. The number of nitrogens with one attached hydrogen (secondary N) is 2. The van der Waals surface area contributed by atoms with Gasteiger partial charge >= 0.3 is 0 Å². The second-order valence-electron chi connectivity index (χ2n) is 5.91. The average molecular weight is 505 g/mol. The Labute approximate surface area is 180 Å². The highest BCUT2D eigenvalue weighted by Crippen LogP contribution is 2.10. The molecular weight excluding hydrogens is 480 g/mol. The van der Waals surface area contributed by atoms with Crippen LogP contribution in [-0.2, 0) is 6.54 Å². The van der Waals surface area contributed by atoms with Crippen LogP contribution in [0.4, 0.5) is 4.39 Å². The number of rotatable bonds is 6. The Morgan fingerprint density at radius 2 is 2.00 bits per heavy atom. The van der Waals surface area contributed by atoms with Gasteiger partial charge in [-0.15, -0.1) is 35.3 Å². The lowest BCUT2D eigenvalue weighted by Gasteiger charge is -2.21. The van der Waals surface area contributed by atoms with Crippen LogP contribution in [0.5, 0.6) is 0 Å². The first-order valence-corrected chi connectivity index (χ1v) is 9.16. The third-order valence-electron chi connectivity index (χ3n) is 3.77. The Bertz CT molecular complexity index is 796. The Balaban J connectivity index is 0.00000364. The fraction of sp³-hybridized carbons (Fsp3) is 0.389. The lowest BCUT2D eigenvalue weighted by atomic mass is 10.1. The minimum atomic E-state index is -0.380. The zero-order chi connectivity index (χ0) is 19.1. The van der Waals surface area contributed by atoms with Crippen LogP contribution in [0.1, 0.15) is 26.6 Å². The molecule has 0 saturated heterocycles. The smallest absolute Gasteiger partial charge is 0.251 e. The molecule has 27 heavy (non-hydrogen) atoms. The van der Waals surface area contributed by atoms with Crippen molar-refractivity contribution < 1.29 is 9.18 Å². The van der Waals surface area contributed by atoms with Gasteiger partial charge in [0.25, 0.3) is 5.91 Å². The molecule has 1 heterocycles. The van der Waals surface area contributed by atoms with E-state index in [1.807, 2.05) is 24.3 Å². The molecule has 0 aliphatic rings. The van der Waals surface area contributed by atoms with Gasteiger partial charge in [-0.05, 0) is 31.5 Å². The summed E-state index contributed by atoms with van der Waals surface area (Å²) in [5.41, 5.74) is 1.83. The van der Waals surface area contributed by atoms with Crippen molar-refractivity contribution in [3.8, 4) is 0 Å². The highest BCUT2D eigenvalue weighted by Gasteiger charge is 2.10. The van der Waals surface area contributed by atoms with Crippen LogP contribution < -0.4 is 10.6 Å². The second kappa shape index (κ2) is 11.2. The third kappa shape index (κ3) is 7.06. The molecular formula is C18H25FIN5OS. The number of aryl methyl sites for hydroxylation is 2. The van der Waals surface area contributed by atoms with Gasteiger partial charge in [-0.1, -0.05) is 6.07 Å². The number of aromatic nitrogens is 1. The van der Waals surface area contributed by atoms with Gasteiger partial charge in [0.1, 0.15) is 5.82 Å². The fourth-order valence-corrected chi connectivity index (χ4v) is 2.97. The largest absolute Gasteiger partial charge is 0.354 e. The maximum absolute atomic E-state index is 13.5. The van der Waals surface area contributed by atoms with E-state index in [9.17, 15) is 9.18 Å². The SMILES string of the molecule is CN=C(NCCNC(=O)c1ccc(C)c(F)c1)N(C)Cc1csc(C)n1.I. The van der Waals surface area contributed by atoms with E-state index in [-0.39, 0.29) is 35.7 Å². The minimum Gasteiger partial charge on any atom is -0.354 e. The van der Waals surface area contributed by atoms with Gasteiger partial charge in [-0.3, -0.25) is 9.79 Å². The topological polar surface area (TPSA) is 69.6 Å². The molecule has 9 heteroatoms. The first kappa shape index (κ1) is 23.3. The Morgan fingerprint density at radius 3 is 2.59 bits per heavy atom. The number of amides is 1. The zero-order valence-electron chi connectivity index (χ0n) is 15.9. The van der Waals surface area contributed by atoms with Crippen LogP contribution in [-0.4, -0.2) is 48.9 Å². The monoisotopic (exact) mass is 505 g/mol.